The van der Waals surface area contributed by atoms with E-state index >= 15 is 0 Å². The van der Waals surface area contributed by atoms with Gasteiger partial charge in [-0.1, -0.05) is 18.2 Å². The van der Waals surface area contributed by atoms with Crippen LogP contribution in [0.4, 0.5) is 5.69 Å². The summed E-state index contributed by atoms with van der Waals surface area (Å²) in [4.78, 5) is 23.1. The molecule has 4 heteroatoms. The van der Waals surface area contributed by atoms with Crippen LogP contribution >= 0.6 is 0 Å². The molecule has 0 aliphatic carbocycles. The first-order valence-electron chi connectivity index (χ1n) is 6.63. The van der Waals surface area contributed by atoms with Crippen molar-refractivity contribution in [2.75, 3.05) is 5.32 Å². The lowest BCUT2D eigenvalue weighted by molar-refractivity contribution is -0.131. The third-order valence-corrected chi connectivity index (χ3v) is 3.10. The zero-order valence-electron chi connectivity index (χ0n) is 12.3. The number of carbonyl (C=O) groups is 2. The van der Waals surface area contributed by atoms with Crippen molar-refractivity contribution in [2.24, 2.45) is 0 Å². The van der Waals surface area contributed by atoms with Crippen LogP contribution in [-0.4, -0.2) is 11.9 Å². The second kappa shape index (κ2) is 6.22. The SMILES string of the molecule is CC(=O)Oc1ccc(C(=O)Nc2c(C)cccc2C)cc1. The van der Waals surface area contributed by atoms with Crippen LogP contribution in [0.3, 0.4) is 0 Å². The van der Waals surface area contributed by atoms with Crippen molar-refractivity contribution in [2.45, 2.75) is 20.8 Å². The maximum absolute atomic E-state index is 12.2. The summed E-state index contributed by atoms with van der Waals surface area (Å²) in [6.07, 6.45) is 0. The molecule has 0 aromatic heterocycles. The topological polar surface area (TPSA) is 55.4 Å². The van der Waals surface area contributed by atoms with E-state index in [-0.39, 0.29) is 11.9 Å². The summed E-state index contributed by atoms with van der Waals surface area (Å²) in [7, 11) is 0. The van der Waals surface area contributed by atoms with E-state index in [1.54, 1.807) is 24.3 Å². The number of benzene rings is 2. The fourth-order valence-electron chi connectivity index (χ4n) is 2.04. The van der Waals surface area contributed by atoms with E-state index in [0.29, 0.717) is 11.3 Å². The average Bonchev–Trinajstić information content (AvgIpc) is 2.43. The summed E-state index contributed by atoms with van der Waals surface area (Å²) in [5.41, 5.74) is 3.36. The smallest absolute Gasteiger partial charge is 0.308 e. The van der Waals surface area contributed by atoms with E-state index in [1.165, 1.54) is 6.92 Å². The van der Waals surface area contributed by atoms with Crippen molar-refractivity contribution < 1.29 is 14.3 Å². The number of hydrogen-bond donors (Lipinski definition) is 1. The van der Waals surface area contributed by atoms with E-state index in [1.807, 2.05) is 32.0 Å². The van der Waals surface area contributed by atoms with Gasteiger partial charge in [0.25, 0.3) is 5.91 Å². The Balaban J connectivity index is 2.15. The minimum absolute atomic E-state index is 0.193. The van der Waals surface area contributed by atoms with Crippen LogP contribution in [0, 0.1) is 13.8 Å². The number of aryl methyl sites for hydroxylation is 2. The average molecular weight is 283 g/mol. The van der Waals surface area contributed by atoms with Crippen LogP contribution in [0.25, 0.3) is 0 Å². The van der Waals surface area contributed by atoms with Crippen molar-refractivity contribution in [1.82, 2.24) is 0 Å². The van der Waals surface area contributed by atoms with Crippen molar-refractivity contribution >= 4 is 17.6 Å². The standard InChI is InChI=1S/C17H17NO3/c1-11-5-4-6-12(2)16(11)18-17(20)14-7-9-15(10-8-14)21-13(3)19/h4-10H,1-3H3,(H,18,20). The molecule has 0 fully saturated rings. The van der Waals surface area contributed by atoms with E-state index in [2.05, 4.69) is 5.32 Å². The minimum Gasteiger partial charge on any atom is -0.427 e. The molecule has 0 aliphatic rings. The fraction of sp³-hybridized carbons (Fsp3) is 0.176. The number of anilines is 1. The van der Waals surface area contributed by atoms with E-state index in [0.717, 1.165) is 16.8 Å². The maximum atomic E-state index is 12.2. The molecule has 2 aromatic rings. The van der Waals surface area contributed by atoms with E-state index < -0.39 is 0 Å². The van der Waals surface area contributed by atoms with Gasteiger partial charge in [0.05, 0.1) is 0 Å². The van der Waals surface area contributed by atoms with Crippen LogP contribution in [0.5, 0.6) is 5.75 Å². The zero-order chi connectivity index (χ0) is 15.4. The highest BCUT2D eigenvalue weighted by Gasteiger charge is 2.10. The molecule has 0 atom stereocenters. The predicted molar refractivity (Wildman–Crippen MR) is 81.6 cm³/mol. The molecule has 0 radical (unpaired) electrons. The Bertz CT molecular complexity index is 655. The highest BCUT2D eigenvalue weighted by Crippen LogP contribution is 2.21. The monoisotopic (exact) mass is 283 g/mol. The molecular weight excluding hydrogens is 266 g/mol. The Labute approximate surface area is 123 Å². The number of esters is 1. The summed E-state index contributed by atoms with van der Waals surface area (Å²) < 4.78 is 4.93. The zero-order valence-corrected chi connectivity index (χ0v) is 12.3. The molecule has 0 saturated heterocycles. The lowest BCUT2D eigenvalue weighted by atomic mass is 10.1. The number of nitrogens with one attached hydrogen (secondary N) is 1. The molecule has 1 amide bonds. The van der Waals surface area contributed by atoms with Gasteiger partial charge in [0, 0.05) is 18.2 Å². The second-order valence-electron chi connectivity index (χ2n) is 4.84. The summed E-state index contributed by atoms with van der Waals surface area (Å²) >= 11 is 0. The Kier molecular flexibility index (Phi) is 4.38. The van der Waals surface area contributed by atoms with E-state index in [4.69, 9.17) is 4.74 Å². The number of amides is 1. The largest absolute Gasteiger partial charge is 0.427 e. The van der Waals surface area contributed by atoms with Crippen molar-refractivity contribution in [3.63, 3.8) is 0 Å². The Morgan fingerprint density at radius 2 is 1.52 bits per heavy atom. The van der Waals surface area contributed by atoms with Gasteiger partial charge in [0.1, 0.15) is 5.75 Å². The molecular formula is C17H17NO3. The quantitative estimate of drug-likeness (QED) is 0.693. The van der Waals surface area contributed by atoms with Gasteiger partial charge >= 0.3 is 5.97 Å². The molecule has 0 heterocycles. The molecule has 108 valence electrons. The van der Waals surface area contributed by atoms with Gasteiger partial charge < -0.3 is 10.1 Å². The third-order valence-electron chi connectivity index (χ3n) is 3.10. The van der Waals surface area contributed by atoms with Crippen LogP contribution < -0.4 is 10.1 Å². The van der Waals surface area contributed by atoms with Crippen molar-refractivity contribution in [3.05, 3.63) is 59.2 Å². The summed E-state index contributed by atoms with van der Waals surface area (Å²) in [5.74, 6) is -0.157. The van der Waals surface area contributed by atoms with Gasteiger partial charge in [-0.2, -0.15) is 0 Å². The number of carbonyl (C=O) groups excluding carboxylic acids is 2. The van der Waals surface area contributed by atoms with Crippen LogP contribution in [-0.2, 0) is 4.79 Å². The first-order chi connectivity index (χ1) is 9.97. The van der Waals surface area contributed by atoms with E-state index in [9.17, 15) is 9.59 Å². The van der Waals surface area contributed by atoms with Gasteiger partial charge in [-0.05, 0) is 49.2 Å². The third kappa shape index (κ3) is 3.69. The molecule has 2 rings (SSSR count). The highest BCUT2D eigenvalue weighted by molar-refractivity contribution is 6.05. The molecule has 2 aromatic carbocycles. The number of rotatable bonds is 3. The molecule has 0 bridgehead atoms. The molecule has 21 heavy (non-hydrogen) atoms. The van der Waals surface area contributed by atoms with Crippen molar-refractivity contribution in [3.8, 4) is 5.75 Å². The lowest BCUT2D eigenvalue weighted by Gasteiger charge is -2.11. The lowest BCUT2D eigenvalue weighted by Crippen LogP contribution is -2.13. The predicted octanol–water partition coefficient (Wildman–Crippen LogP) is 3.48. The number of para-hydroxylation sites is 1. The molecule has 0 unspecified atom stereocenters. The molecule has 0 saturated carbocycles. The number of hydrogen-bond acceptors (Lipinski definition) is 3. The Morgan fingerprint density at radius 3 is 2.05 bits per heavy atom. The molecule has 1 N–H and O–H groups in total. The van der Waals surface area contributed by atoms with Gasteiger partial charge in [-0.15, -0.1) is 0 Å². The van der Waals surface area contributed by atoms with Gasteiger partial charge in [-0.25, -0.2) is 0 Å². The highest BCUT2D eigenvalue weighted by atomic mass is 16.5. The van der Waals surface area contributed by atoms with Gasteiger partial charge in [-0.3, -0.25) is 9.59 Å². The molecule has 0 aliphatic heterocycles. The molecule has 0 spiro atoms. The van der Waals surface area contributed by atoms with Crippen LogP contribution in [0.2, 0.25) is 0 Å². The first-order valence-corrected chi connectivity index (χ1v) is 6.63. The summed E-state index contributed by atoms with van der Waals surface area (Å²) in [6, 6.07) is 12.3. The molecule has 4 nitrogen and oxygen atoms in total. The Hall–Kier alpha value is -2.62. The fourth-order valence-corrected chi connectivity index (χ4v) is 2.04. The normalized spacial score (nSPS) is 10.0. The first kappa shape index (κ1) is 14.8. The van der Waals surface area contributed by atoms with Crippen LogP contribution in [0.15, 0.2) is 42.5 Å². The number of ether oxygens (including phenoxy) is 1. The maximum Gasteiger partial charge on any atom is 0.308 e. The van der Waals surface area contributed by atoms with Crippen molar-refractivity contribution in [1.29, 1.82) is 0 Å². The van der Waals surface area contributed by atoms with Gasteiger partial charge in [0.2, 0.25) is 0 Å². The minimum atomic E-state index is -0.386. The van der Waals surface area contributed by atoms with Gasteiger partial charge in [0.15, 0.2) is 0 Å². The Morgan fingerprint density at radius 1 is 0.952 bits per heavy atom. The summed E-state index contributed by atoms with van der Waals surface area (Å²) in [5, 5.41) is 2.91. The van der Waals surface area contributed by atoms with Crippen LogP contribution in [0.1, 0.15) is 28.4 Å². The second-order valence-corrected chi connectivity index (χ2v) is 4.84. The summed E-state index contributed by atoms with van der Waals surface area (Å²) in [6.45, 7) is 5.24.